The molecule has 1 fully saturated rings. The van der Waals surface area contributed by atoms with Crippen LogP contribution in [0.4, 0.5) is 20.9 Å². The number of thiazole rings is 1. The first-order chi connectivity index (χ1) is 17.8. The van der Waals surface area contributed by atoms with Crippen molar-refractivity contribution < 1.29 is 9.18 Å². The third kappa shape index (κ3) is 5.20. The van der Waals surface area contributed by atoms with Gasteiger partial charge in [-0.1, -0.05) is 31.4 Å². The molecule has 0 spiro atoms. The van der Waals surface area contributed by atoms with Crippen LogP contribution in [0.1, 0.15) is 42.6 Å². The summed E-state index contributed by atoms with van der Waals surface area (Å²) >= 11 is 1.42. The van der Waals surface area contributed by atoms with Crippen LogP contribution < -0.4 is 15.8 Å². The number of carbonyl (C=O) groups is 1. The van der Waals surface area contributed by atoms with Gasteiger partial charge >= 0.3 is 0 Å². The van der Waals surface area contributed by atoms with Crippen LogP contribution >= 0.6 is 11.3 Å². The van der Waals surface area contributed by atoms with Crippen LogP contribution in [0, 0.1) is 5.82 Å². The van der Waals surface area contributed by atoms with Gasteiger partial charge in [-0.25, -0.2) is 14.4 Å². The van der Waals surface area contributed by atoms with Crippen LogP contribution in [0.3, 0.4) is 0 Å². The molecule has 1 aliphatic rings. The van der Waals surface area contributed by atoms with Crippen molar-refractivity contribution in [1.29, 1.82) is 0 Å². The molecule has 2 N–H and O–H groups in total. The number of H-pyrrole nitrogens is 1. The molecule has 0 saturated heterocycles. The smallest absolute Gasteiger partial charge is 0.280 e. The second kappa shape index (κ2) is 10.3. The number of aromatic nitrogens is 3. The third-order valence-corrected chi connectivity index (χ3v) is 7.54. The molecule has 5 rings (SSSR count). The minimum Gasteiger partial charge on any atom is -0.370 e. The Kier molecular flexibility index (Phi) is 6.92. The zero-order valence-electron chi connectivity index (χ0n) is 21.0. The number of nitrogens with zero attached hydrogens (tertiary/aromatic N) is 4. The molecule has 37 heavy (non-hydrogen) atoms. The van der Waals surface area contributed by atoms with E-state index in [0.29, 0.717) is 33.5 Å². The first-order valence-electron chi connectivity index (χ1n) is 12.3. The van der Waals surface area contributed by atoms with Crippen LogP contribution in [0.2, 0.25) is 0 Å². The van der Waals surface area contributed by atoms with Gasteiger partial charge in [0.05, 0.1) is 28.1 Å². The Morgan fingerprint density at radius 1 is 1.11 bits per heavy atom. The Labute approximate surface area is 218 Å². The van der Waals surface area contributed by atoms with E-state index in [0.717, 1.165) is 24.2 Å². The summed E-state index contributed by atoms with van der Waals surface area (Å²) in [5.41, 5.74) is 3.44. The normalized spacial score (nSPS) is 14.1. The summed E-state index contributed by atoms with van der Waals surface area (Å²) in [6.45, 7) is 0. The van der Waals surface area contributed by atoms with E-state index in [1.54, 1.807) is 20.2 Å². The summed E-state index contributed by atoms with van der Waals surface area (Å²) in [7, 11) is 5.25. The number of nitrogens with one attached hydrogen (secondary N) is 2. The fourth-order valence-corrected chi connectivity index (χ4v) is 5.50. The molecule has 0 atom stereocenters. The zero-order valence-corrected chi connectivity index (χ0v) is 21.9. The van der Waals surface area contributed by atoms with Gasteiger partial charge in [0, 0.05) is 38.1 Å². The number of hydrogen-bond donors (Lipinski definition) is 2. The van der Waals surface area contributed by atoms with E-state index in [1.165, 1.54) is 47.6 Å². The topological polar surface area (TPSA) is 94.2 Å². The lowest BCUT2D eigenvalue weighted by atomic mass is 9.94. The zero-order chi connectivity index (χ0) is 26.1. The van der Waals surface area contributed by atoms with Gasteiger partial charge in [-0.15, -0.1) is 11.3 Å². The van der Waals surface area contributed by atoms with E-state index in [4.69, 9.17) is 0 Å². The molecule has 2 aromatic heterocycles. The molecular formula is C27H29FN6O2S. The van der Waals surface area contributed by atoms with Crippen molar-refractivity contribution in [2.75, 3.05) is 31.4 Å². The van der Waals surface area contributed by atoms with Gasteiger partial charge in [-0.2, -0.15) is 0 Å². The van der Waals surface area contributed by atoms with Gasteiger partial charge in [0.1, 0.15) is 5.82 Å². The molecule has 2 aromatic carbocycles. The quantitative estimate of drug-likeness (QED) is 0.354. The Morgan fingerprint density at radius 2 is 1.89 bits per heavy atom. The second-order valence-corrected chi connectivity index (χ2v) is 10.4. The van der Waals surface area contributed by atoms with Crippen molar-refractivity contribution in [1.82, 2.24) is 19.9 Å². The van der Waals surface area contributed by atoms with Crippen LogP contribution in [0.15, 0.2) is 46.6 Å². The molecule has 0 radical (unpaired) electrons. The van der Waals surface area contributed by atoms with E-state index in [2.05, 4.69) is 32.2 Å². The Morgan fingerprint density at radius 3 is 2.62 bits per heavy atom. The number of benzene rings is 2. The lowest BCUT2D eigenvalue weighted by Gasteiger charge is -2.34. The molecule has 4 aromatic rings. The lowest BCUT2D eigenvalue weighted by molar-refractivity contribution is 0.0820. The first-order valence-corrected chi connectivity index (χ1v) is 13.2. The molecule has 2 heterocycles. The predicted octanol–water partition coefficient (Wildman–Crippen LogP) is 5.40. The summed E-state index contributed by atoms with van der Waals surface area (Å²) in [6.07, 6.45) is 5.80. The number of aromatic amines is 1. The molecule has 10 heteroatoms. The Hall–Kier alpha value is -3.79. The second-order valence-electron chi connectivity index (χ2n) is 9.58. The standard InChI is InChI=1S/C27H29FN6O2S/c1-33(2)26(36)24-25(35)30-19-13-21(23(14-20(19)29-24)34(3)18-10-5-4-6-11-18)31-27-32-22(15-37-27)16-8-7-9-17(28)12-16/h7-9,12-15,18H,4-6,10-11H2,1-3H3,(H,30,35)(H,31,32). The summed E-state index contributed by atoms with van der Waals surface area (Å²) in [5, 5.41) is 5.94. The maximum atomic E-state index is 13.7. The van der Waals surface area contributed by atoms with E-state index < -0.39 is 11.5 Å². The highest BCUT2D eigenvalue weighted by Gasteiger charge is 2.23. The van der Waals surface area contributed by atoms with Crippen molar-refractivity contribution in [3.05, 3.63) is 63.6 Å². The highest BCUT2D eigenvalue weighted by molar-refractivity contribution is 7.14. The van der Waals surface area contributed by atoms with Gasteiger partial charge in [0.2, 0.25) is 0 Å². The average molecular weight is 521 g/mol. The van der Waals surface area contributed by atoms with Gasteiger partial charge in [-0.3, -0.25) is 9.59 Å². The number of fused-ring (bicyclic) bond motifs is 1. The molecule has 0 bridgehead atoms. The molecule has 1 saturated carbocycles. The molecular weight excluding hydrogens is 491 g/mol. The minimum atomic E-state index is -0.534. The summed E-state index contributed by atoms with van der Waals surface area (Å²) in [6, 6.07) is 10.5. The first kappa shape index (κ1) is 24.9. The van der Waals surface area contributed by atoms with Crippen molar-refractivity contribution >= 4 is 44.8 Å². The third-order valence-electron chi connectivity index (χ3n) is 6.79. The minimum absolute atomic E-state index is 0.135. The van der Waals surface area contributed by atoms with E-state index >= 15 is 0 Å². The Balaban J connectivity index is 1.57. The maximum Gasteiger partial charge on any atom is 0.280 e. The van der Waals surface area contributed by atoms with Gasteiger partial charge in [0.15, 0.2) is 10.8 Å². The van der Waals surface area contributed by atoms with Gasteiger partial charge in [-0.05, 0) is 37.1 Å². The maximum absolute atomic E-state index is 13.7. The molecule has 0 unspecified atom stereocenters. The Bertz CT molecular complexity index is 1510. The molecule has 8 nitrogen and oxygen atoms in total. The average Bonchev–Trinajstić information content (AvgIpc) is 3.36. The van der Waals surface area contributed by atoms with Gasteiger partial charge in [0.25, 0.3) is 11.5 Å². The molecule has 1 aliphatic carbocycles. The van der Waals surface area contributed by atoms with Crippen molar-refractivity contribution in [2.45, 2.75) is 38.1 Å². The van der Waals surface area contributed by atoms with E-state index in [1.807, 2.05) is 23.6 Å². The van der Waals surface area contributed by atoms with Crippen LogP contribution in [-0.2, 0) is 0 Å². The largest absolute Gasteiger partial charge is 0.370 e. The van der Waals surface area contributed by atoms with E-state index in [-0.39, 0.29) is 11.5 Å². The lowest BCUT2D eigenvalue weighted by Crippen LogP contribution is -2.34. The van der Waals surface area contributed by atoms with Crippen LogP contribution in [-0.4, -0.2) is 52.9 Å². The van der Waals surface area contributed by atoms with Crippen molar-refractivity contribution in [3.8, 4) is 11.3 Å². The van der Waals surface area contributed by atoms with Crippen molar-refractivity contribution in [3.63, 3.8) is 0 Å². The monoisotopic (exact) mass is 520 g/mol. The molecule has 0 aliphatic heterocycles. The molecule has 1 amide bonds. The fraction of sp³-hybridized carbons (Fsp3) is 0.333. The van der Waals surface area contributed by atoms with E-state index in [9.17, 15) is 14.0 Å². The van der Waals surface area contributed by atoms with Crippen molar-refractivity contribution in [2.24, 2.45) is 0 Å². The predicted molar refractivity (Wildman–Crippen MR) is 146 cm³/mol. The number of hydrogen-bond acceptors (Lipinski definition) is 7. The summed E-state index contributed by atoms with van der Waals surface area (Å²) < 4.78 is 13.7. The number of carbonyl (C=O) groups excluding carboxylic acids is 1. The number of amides is 1. The fourth-order valence-electron chi connectivity index (χ4n) is 4.76. The van der Waals surface area contributed by atoms with Gasteiger partial charge < -0.3 is 20.1 Å². The van der Waals surface area contributed by atoms with Crippen LogP contribution in [0.5, 0.6) is 0 Å². The number of anilines is 3. The number of halogens is 1. The highest BCUT2D eigenvalue weighted by atomic mass is 32.1. The molecule has 192 valence electrons. The van der Waals surface area contributed by atoms with Crippen LogP contribution in [0.25, 0.3) is 22.3 Å². The summed E-state index contributed by atoms with van der Waals surface area (Å²) in [4.78, 5) is 40.7. The number of rotatable bonds is 6. The SMILES string of the molecule is CN(C)C(=O)c1nc2cc(N(C)C3CCCCC3)c(Nc3nc(-c4cccc(F)c4)cs3)cc2[nH]c1=O. The highest BCUT2D eigenvalue weighted by Crippen LogP contribution is 2.37. The summed E-state index contributed by atoms with van der Waals surface area (Å²) in [5.74, 6) is -0.755.